The minimum absolute atomic E-state index is 0.0178. The van der Waals surface area contributed by atoms with E-state index in [9.17, 15) is 5.11 Å². The zero-order chi connectivity index (χ0) is 15.4. The SMILES string of the molecule is C[C@@]1([Si](C)(C)C)O[C@@H]1C[C@@](O)(C1CCCO1)[Si](C)(C)C. The van der Waals surface area contributed by atoms with Crippen LogP contribution < -0.4 is 0 Å². The lowest BCUT2D eigenvalue weighted by atomic mass is 10.0. The van der Waals surface area contributed by atoms with Crippen molar-refractivity contribution in [3.8, 4) is 0 Å². The number of aliphatic hydroxyl groups is 1. The van der Waals surface area contributed by atoms with E-state index in [0.29, 0.717) is 0 Å². The maximum absolute atomic E-state index is 11.4. The van der Waals surface area contributed by atoms with Crippen molar-refractivity contribution >= 4 is 16.1 Å². The Bertz CT molecular complexity index is 368. The Hall–Kier alpha value is 0.314. The lowest BCUT2D eigenvalue weighted by Crippen LogP contribution is -2.61. The van der Waals surface area contributed by atoms with Crippen molar-refractivity contribution in [1.82, 2.24) is 0 Å². The Kier molecular flexibility index (Phi) is 4.10. The van der Waals surface area contributed by atoms with Gasteiger partial charge in [-0.2, -0.15) is 0 Å². The lowest BCUT2D eigenvalue weighted by Gasteiger charge is -2.43. The van der Waals surface area contributed by atoms with E-state index in [1.165, 1.54) is 0 Å². The summed E-state index contributed by atoms with van der Waals surface area (Å²) >= 11 is 0. The van der Waals surface area contributed by atoms with Crippen molar-refractivity contribution in [1.29, 1.82) is 0 Å². The monoisotopic (exact) mass is 316 g/mol. The number of ether oxygens (including phenoxy) is 2. The van der Waals surface area contributed by atoms with Crippen LogP contribution in [0.25, 0.3) is 0 Å². The normalized spacial score (nSPS) is 37.8. The van der Waals surface area contributed by atoms with Crippen molar-refractivity contribution < 1.29 is 14.6 Å². The molecule has 2 fully saturated rings. The van der Waals surface area contributed by atoms with Crippen LogP contribution in [0.3, 0.4) is 0 Å². The molecule has 2 aliphatic heterocycles. The molecule has 0 saturated carbocycles. The number of hydrogen-bond acceptors (Lipinski definition) is 3. The molecule has 2 rings (SSSR count). The average Bonchev–Trinajstić information content (AvgIpc) is 2.77. The highest BCUT2D eigenvalue weighted by atomic mass is 28.3. The summed E-state index contributed by atoms with van der Waals surface area (Å²) in [6, 6.07) is 0. The number of hydrogen-bond donors (Lipinski definition) is 1. The molecule has 4 atom stereocenters. The molecule has 5 heteroatoms. The quantitative estimate of drug-likeness (QED) is 0.625. The minimum atomic E-state index is -1.75. The molecule has 0 aromatic heterocycles. The van der Waals surface area contributed by atoms with E-state index >= 15 is 0 Å². The molecular weight excluding hydrogens is 284 g/mol. The zero-order valence-corrected chi connectivity index (χ0v) is 16.2. The van der Waals surface area contributed by atoms with Crippen LogP contribution in [-0.4, -0.2) is 50.5 Å². The number of epoxide rings is 1. The highest BCUT2D eigenvalue weighted by Gasteiger charge is 2.64. The van der Waals surface area contributed by atoms with E-state index < -0.39 is 21.4 Å². The Morgan fingerprint density at radius 1 is 1.20 bits per heavy atom. The first kappa shape index (κ1) is 16.7. The van der Waals surface area contributed by atoms with E-state index in [1.807, 2.05) is 0 Å². The molecule has 118 valence electrons. The highest BCUT2D eigenvalue weighted by Crippen LogP contribution is 2.50. The van der Waals surface area contributed by atoms with Crippen LogP contribution in [0.5, 0.6) is 0 Å². The highest BCUT2D eigenvalue weighted by molar-refractivity contribution is 6.80. The van der Waals surface area contributed by atoms with Gasteiger partial charge in [0, 0.05) is 13.0 Å². The molecular formula is C15H32O3Si2. The van der Waals surface area contributed by atoms with Crippen LogP contribution in [0, 0.1) is 0 Å². The fourth-order valence-electron chi connectivity index (χ4n) is 3.32. The molecule has 0 spiro atoms. The topological polar surface area (TPSA) is 42.0 Å². The summed E-state index contributed by atoms with van der Waals surface area (Å²) in [7, 11) is -3.12. The van der Waals surface area contributed by atoms with Crippen LogP contribution in [0.4, 0.5) is 0 Å². The van der Waals surface area contributed by atoms with Gasteiger partial charge < -0.3 is 14.6 Å². The first-order valence-electron chi connectivity index (χ1n) is 7.94. The van der Waals surface area contributed by atoms with Crippen LogP contribution in [0.2, 0.25) is 39.3 Å². The van der Waals surface area contributed by atoms with Gasteiger partial charge in [0.2, 0.25) is 0 Å². The van der Waals surface area contributed by atoms with E-state index in [4.69, 9.17) is 9.47 Å². The Morgan fingerprint density at radius 3 is 2.15 bits per heavy atom. The fourth-order valence-corrected chi connectivity index (χ4v) is 6.87. The van der Waals surface area contributed by atoms with Crippen LogP contribution >= 0.6 is 0 Å². The smallest absolute Gasteiger partial charge is 0.0861 e. The molecule has 1 N–H and O–H groups in total. The van der Waals surface area contributed by atoms with Gasteiger partial charge >= 0.3 is 0 Å². The third-order valence-corrected chi connectivity index (χ3v) is 12.2. The third-order valence-electron chi connectivity index (χ3n) is 5.69. The third kappa shape index (κ3) is 2.67. The van der Waals surface area contributed by atoms with Crippen molar-refractivity contribution in [3.63, 3.8) is 0 Å². The number of rotatable bonds is 5. The summed E-state index contributed by atoms with van der Waals surface area (Å²) in [5, 5.41) is 10.8. The second-order valence-electron chi connectivity index (χ2n) is 8.84. The summed E-state index contributed by atoms with van der Waals surface area (Å²) in [6.45, 7) is 16.9. The molecule has 2 saturated heterocycles. The largest absolute Gasteiger partial charge is 0.391 e. The van der Waals surface area contributed by atoms with Gasteiger partial charge in [-0.3, -0.25) is 0 Å². The molecule has 0 amide bonds. The minimum Gasteiger partial charge on any atom is -0.391 e. The van der Waals surface area contributed by atoms with Crippen molar-refractivity contribution in [3.05, 3.63) is 0 Å². The Morgan fingerprint density at radius 2 is 1.80 bits per heavy atom. The Labute approximate surface area is 126 Å². The zero-order valence-electron chi connectivity index (χ0n) is 14.2. The maximum atomic E-state index is 11.4. The van der Waals surface area contributed by atoms with Crippen LogP contribution in [0.1, 0.15) is 26.2 Å². The van der Waals surface area contributed by atoms with Crippen molar-refractivity contribution in [2.75, 3.05) is 6.61 Å². The summed E-state index contributed by atoms with van der Waals surface area (Å²) in [4.78, 5) is 0. The van der Waals surface area contributed by atoms with Gasteiger partial charge in [0.1, 0.15) is 0 Å². The van der Waals surface area contributed by atoms with Gasteiger partial charge in [-0.15, -0.1) is 0 Å². The predicted molar refractivity (Wildman–Crippen MR) is 88.5 cm³/mol. The first-order valence-corrected chi connectivity index (χ1v) is 14.9. The van der Waals surface area contributed by atoms with Gasteiger partial charge in [0.05, 0.1) is 38.8 Å². The van der Waals surface area contributed by atoms with Crippen LogP contribution in [-0.2, 0) is 9.47 Å². The van der Waals surface area contributed by atoms with Crippen molar-refractivity contribution in [2.45, 2.75) is 88.1 Å². The van der Waals surface area contributed by atoms with E-state index in [0.717, 1.165) is 25.9 Å². The van der Waals surface area contributed by atoms with Gasteiger partial charge in [-0.25, -0.2) is 0 Å². The molecule has 0 aliphatic carbocycles. The molecule has 0 radical (unpaired) electrons. The summed E-state index contributed by atoms with van der Waals surface area (Å²) in [6.07, 6.45) is 3.07. The summed E-state index contributed by atoms with van der Waals surface area (Å²) < 4.78 is 12.0. The molecule has 2 heterocycles. The second kappa shape index (κ2) is 4.91. The van der Waals surface area contributed by atoms with E-state index in [2.05, 4.69) is 46.2 Å². The van der Waals surface area contributed by atoms with Crippen molar-refractivity contribution in [2.24, 2.45) is 0 Å². The lowest BCUT2D eigenvalue weighted by molar-refractivity contribution is -0.0449. The van der Waals surface area contributed by atoms with Gasteiger partial charge in [0.25, 0.3) is 0 Å². The summed E-state index contributed by atoms with van der Waals surface area (Å²) in [5.41, 5.74) is 0. The molecule has 3 nitrogen and oxygen atoms in total. The van der Waals surface area contributed by atoms with Gasteiger partial charge in [0.15, 0.2) is 0 Å². The second-order valence-corrected chi connectivity index (χ2v) is 19.7. The average molecular weight is 317 g/mol. The molecule has 1 unspecified atom stereocenters. The summed E-state index contributed by atoms with van der Waals surface area (Å²) in [5.74, 6) is 0. The maximum Gasteiger partial charge on any atom is 0.0861 e. The van der Waals surface area contributed by atoms with Crippen LogP contribution in [0.15, 0.2) is 0 Å². The van der Waals surface area contributed by atoms with E-state index in [1.54, 1.807) is 0 Å². The molecule has 2 aliphatic rings. The standard InChI is InChI=1S/C15H32O3Si2/c1-14(19(2,3)4)13(18-14)11-15(16,20(5,6)7)12-9-8-10-17-12/h12-13,16H,8-11H2,1-7H3/t12?,13-,14+,15+/m1/s1. The molecule has 0 bridgehead atoms. The Balaban J connectivity index is 2.15. The molecule has 0 aromatic rings. The van der Waals surface area contributed by atoms with Gasteiger partial charge in [-0.1, -0.05) is 39.3 Å². The van der Waals surface area contributed by atoms with E-state index in [-0.39, 0.29) is 17.4 Å². The molecule has 20 heavy (non-hydrogen) atoms. The fraction of sp³-hybridized carbons (Fsp3) is 1.00. The first-order chi connectivity index (χ1) is 8.92. The van der Waals surface area contributed by atoms with Gasteiger partial charge in [-0.05, 0) is 19.8 Å². The molecule has 0 aromatic carbocycles. The predicted octanol–water partition coefficient (Wildman–Crippen LogP) is 3.20.